The van der Waals surface area contributed by atoms with Gasteiger partial charge in [0.25, 0.3) is 0 Å². The number of hydrogen-bond donors (Lipinski definition) is 0. The summed E-state index contributed by atoms with van der Waals surface area (Å²) in [6, 6.07) is 14.7. The van der Waals surface area contributed by atoms with E-state index in [4.69, 9.17) is 11.8 Å². The summed E-state index contributed by atoms with van der Waals surface area (Å²) in [7, 11) is 1.87. The van der Waals surface area contributed by atoms with Crippen LogP contribution in [0.2, 0.25) is 0 Å². The van der Waals surface area contributed by atoms with Crippen molar-refractivity contribution in [2.45, 2.75) is 60.7 Å². The molecule has 0 aliphatic heterocycles. The zero-order chi connectivity index (χ0) is 28.9. The third-order valence-electron chi connectivity index (χ3n) is 7.40. The maximum atomic E-state index is 9.11. The lowest BCUT2D eigenvalue weighted by Crippen LogP contribution is -2.32. The summed E-state index contributed by atoms with van der Waals surface area (Å²) < 4.78 is 44.9. The van der Waals surface area contributed by atoms with E-state index in [1.165, 1.54) is 33.4 Å². The minimum atomic E-state index is -2.45. The molecule has 2 aromatic carbocycles. The first-order chi connectivity index (χ1) is 18.6. The van der Waals surface area contributed by atoms with Crippen molar-refractivity contribution < 1.29 is 11.4 Å². The minimum Gasteiger partial charge on any atom is -0.257 e. The molecule has 0 amide bonds. The van der Waals surface area contributed by atoms with Crippen LogP contribution in [0.25, 0.3) is 33.5 Å². The van der Waals surface area contributed by atoms with E-state index in [0.29, 0.717) is 6.42 Å². The fraction of sp³-hybridized carbons (Fsp3) is 0.333. The third-order valence-corrected chi connectivity index (χ3v) is 7.40. The van der Waals surface area contributed by atoms with Crippen LogP contribution in [-0.2, 0) is 26.3 Å². The number of pyridine rings is 2. The van der Waals surface area contributed by atoms with Crippen molar-refractivity contribution >= 4 is 0 Å². The molecule has 0 N–H and O–H groups in total. The standard InChI is InChI=1S/C33H35N2/c1-19-18-35(7)29(15-23(19)17-33(4,5)6)30-21(3)26-14-22-10-8-9-11-24(22)31(26)32-25-13-12-20(2)34-28(25)16-27(30)32/h8-13,15,18H,14,16-17H2,1-7H3/q+1/i1D3,17D2. The summed E-state index contributed by atoms with van der Waals surface area (Å²) in [6.45, 7) is 7.20. The molecule has 0 fully saturated rings. The van der Waals surface area contributed by atoms with Gasteiger partial charge in [-0.2, -0.15) is 0 Å². The summed E-state index contributed by atoms with van der Waals surface area (Å²) in [4.78, 5) is 4.93. The second-order valence-electron chi connectivity index (χ2n) is 11.1. The number of fused-ring (bicyclic) bond motifs is 7. The molecule has 0 atom stereocenters. The molecule has 0 radical (unpaired) electrons. The van der Waals surface area contributed by atoms with Crippen LogP contribution < -0.4 is 4.57 Å². The molecule has 0 saturated heterocycles. The lowest BCUT2D eigenvalue weighted by atomic mass is 9.83. The van der Waals surface area contributed by atoms with Crippen molar-refractivity contribution in [2.24, 2.45) is 12.5 Å². The molecule has 35 heavy (non-hydrogen) atoms. The van der Waals surface area contributed by atoms with Gasteiger partial charge in [0.2, 0.25) is 5.69 Å². The Bertz CT molecular complexity index is 1730. The smallest absolute Gasteiger partial charge is 0.213 e. The largest absolute Gasteiger partial charge is 0.257 e. The number of aryl methyl sites for hydroxylation is 3. The van der Waals surface area contributed by atoms with Crippen LogP contribution in [0.3, 0.4) is 0 Å². The number of rotatable bonds is 2. The summed E-state index contributed by atoms with van der Waals surface area (Å²) in [6.07, 6.45) is 1.27. The van der Waals surface area contributed by atoms with E-state index in [2.05, 4.69) is 43.3 Å². The maximum absolute atomic E-state index is 9.11. The molecule has 2 heterocycles. The Morgan fingerprint density at radius 2 is 1.74 bits per heavy atom. The Morgan fingerprint density at radius 3 is 2.51 bits per heavy atom. The van der Waals surface area contributed by atoms with Crippen molar-refractivity contribution in [1.82, 2.24) is 4.98 Å². The molecule has 2 aliphatic rings. The second-order valence-corrected chi connectivity index (χ2v) is 11.1. The van der Waals surface area contributed by atoms with Crippen molar-refractivity contribution in [3.05, 3.63) is 93.4 Å². The van der Waals surface area contributed by atoms with Gasteiger partial charge in [0.1, 0.15) is 7.05 Å². The van der Waals surface area contributed by atoms with Gasteiger partial charge < -0.3 is 0 Å². The molecule has 0 saturated carbocycles. The van der Waals surface area contributed by atoms with Crippen LogP contribution in [0.5, 0.6) is 0 Å². The first kappa shape index (κ1) is 17.2. The highest BCUT2D eigenvalue weighted by atomic mass is 14.9. The Labute approximate surface area is 216 Å². The lowest BCUT2D eigenvalue weighted by Gasteiger charge is -2.21. The van der Waals surface area contributed by atoms with Crippen LogP contribution in [-0.4, -0.2) is 4.98 Å². The molecule has 0 spiro atoms. The van der Waals surface area contributed by atoms with Crippen LogP contribution >= 0.6 is 0 Å². The van der Waals surface area contributed by atoms with Crippen LogP contribution in [0.1, 0.15) is 72.4 Å². The quantitative estimate of drug-likeness (QED) is 0.247. The Hall–Kier alpha value is -3.26. The van der Waals surface area contributed by atoms with Crippen molar-refractivity contribution in [3.8, 4) is 33.5 Å². The second kappa shape index (κ2) is 7.62. The highest BCUT2D eigenvalue weighted by molar-refractivity contribution is 5.99. The molecule has 2 nitrogen and oxygen atoms in total. The average molecular weight is 465 g/mol. The summed E-state index contributed by atoms with van der Waals surface area (Å²) in [5, 5.41) is 0. The average Bonchev–Trinajstić information content (AvgIpc) is 3.41. The predicted molar refractivity (Wildman–Crippen MR) is 145 cm³/mol. The molecular formula is C33H35N2+. The van der Waals surface area contributed by atoms with Crippen molar-refractivity contribution in [3.63, 3.8) is 0 Å². The van der Waals surface area contributed by atoms with Gasteiger partial charge in [-0.25, -0.2) is 4.57 Å². The molecule has 2 heteroatoms. The fourth-order valence-corrected chi connectivity index (χ4v) is 5.98. The van der Waals surface area contributed by atoms with Crippen molar-refractivity contribution in [1.29, 1.82) is 0 Å². The number of aromatic nitrogens is 2. The highest BCUT2D eigenvalue weighted by Gasteiger charge is 2.36. The lowest BCUT2D eigenvalue weighted by molar-refractivity contribution is -0.660. The number of nitrogens with zero attached hydrogens (tertiary/aromatic N) is 2. The molecule has 176 valence electrons. The van der Waals surface area contributed by atoms with Crippen molar-refractivity contribution in [2.75, 3.05) is 0 Å². The van der Waals surface area contributed by atoms with Crippen LogP contribution in [0.4, 0.5) is 0 Å². The van der Waals surface area contributed by atoms with E-state index in [-0.39, 0.29) is 11.1 Å². The van der Waals surface area contributed by atoms with E-state index in [9.17, 15) is 0 Å². The molecule has 0 unspecified atom stereocenters. The topological polar surface area (TPSA) is 16.8 Å². The third kappa shape index (κ3) is 3.45. The first-order valence-corrected chi connectivity index (χ1v) is 12.4. The van der Waals surface area contributed by atoms with Crippen LogP contribution in [0.15, 0.2) is 48.7 Å². The van der Waals surface area contributed by atoms with Gasteiger partial charge >= 0.3 is 0 Å². The van der Waals surface area contributed by atoms with E-state index in [1.54, 1.807) is 6.20 Å². The zero-order valence-corrected chi connectivity index (χ0v) is 21.4. The van der Waals surface area contributed by atoms with Gasteiger partial charge in [-0.3, -0.25) is 4.98 Å². The van der Waals surface area contributed by atoms with Gasteiger partial charge in [0, 0.05) is 36.2 Å². The molecule has 6 rings (SSSR count). The first-order valence-electron chi connectivity index (χ1n) is 14.9. The summed E-state index contributed by atoms with van der Waals surface area (Å²) in [5.41, 5.74) is 13.2. The van der Waals surface area contributed by atoms with Gasteiger partial charge in [0.05, 0.1) is 11.3 Å². The summed E-state index contributed by atoms with van der Waals surface area (Å²) >= 11 is 0. The Balaban J connectivity index is 1.71. The van der Waals surface area contributed by atoms with E-state index in [1.807, 2.05) is 45.4 Å². The zero-order valence-electron chi connectivity index (χ0n) is 26.4. The number of benzene rings is 2. The molecular weight excluding hydrogens is 424 g/mol. The molecule has 0 bridgehead atoms. The molecule has 4 aromatic rings. The SMILES string of the molecule is [2H]C([2H])([2H])c1c[n+](C)c(-c2c(C)c3c(c4c2Cc2nc(C)ccc2-4)-c2ccccc2C3)cc1C([2H])([2H])C(C)(C)C. The minimum absolute atomic E-state index is 0.0575. The maximum Gasteiger partial charge on any atom is 0.213 e. The normalized spacial score (nSPS) is 16.3. The van der Waals surface area contributed by atoms with Gasteiger partial charge in [-0.15, -0.1) is 0 Å². The van der Waals surface area contributed by atoms with E-state index < -0.39 is 18.6 Å². The summed E-state index contributed by atoms with van der Waals surface area (Å²) in [5.74, 6) is 0. The Morgan fingerprint density at radius 1 is 0.971 bits per heavy atom. The van der Waals surface area contributed by atoms with E-state index >= 15 is 0 Å². The van der Waals surface area contributed by atoms with Gasteiger partial charge in [0.15, 0.2) is 6.20 Å². The van der Waals surface area contributed by atoms with Gasteiger partial charge in [-0.05, 0) is 89.5 Å². The Kier molecular flexibility index (Phi) is 3.75. The van der Waals surface area contributed by atoms with Crippen LogP contribution in [0, 0.1) is 26.1 Å². The fourth-order valence-electron chi connectivity index (χ4n) is 5.98. The molecule has 2 aromatic heterocycles. The highest BCUT2D eigenvalue weighted by Crippen LogP contribution is 2.53. The van der Waals surface area contributed by atoms with E-state index in [0.717, 1.165) is 40.2 Å². The predicted octanol–water partition coefficient (Wildman–Crippen LogP) is 7.23. The number of hydrogen-bond acceptors (Lipinski definition) is 1. The van der Waals surface area contributed by atoms with Gasteiger partial charge in [-0.1, -0.05) is 51.1 Å². The monoisotopic (exact) mass is 464 g/mol. The molecule has 2 aliphatic carbocycles.